The number of carbonyl (C=O) groups is 1. The number of rotatable bonds is 7. The summed E-state index contributed by atoms with van der Waals surface area (Å²) >= 11 is 0. The van der Waals surface area contributed by atoms with Crippen molar-refractivity contribution >= 4 is 16.9 Å². The van der Waals surface area contributed by atoms with Crippen LogP contribution in [-0.4, -0.2) is 22.0 Å². The number of amides is 1. The molecule has 1 aromatic heterocycles. The van der Waals surface area contributed by atoms with Gasteiger partial charge in [0.25, 0.3) is 0 Å². The van der Waals surface area contributed by atoms with Crippen molar-refractivity contribution in [1.82, 2.24) is 14.9 Å². The van der Waals surface area contributed by atoms with Crippen LogP contribution < -0.4 is 5.32 Å². The maximum atomic E-state index is 10.8. The van der Waals surface area contributed by atoms with Crippen LogP contribution in [0.25, 0.3) is 11.0 Å². The Balaban J connectivity index is 1.93. The van der Waals surface area contributed by atoms with Gasteiger partial charge < -0.3 is 9.88 Å². The Bertz CT molecular complexity index is 652. The van der Waals surface area contributed by atoms with Gasteiger partial charge in [0.1, 0.15) is 5.82 Å². The number of carbonyl (C=O) groups excluding carboxylic acids is 1. The molecule has 0 fully saturated rings. The highest BCUT2D eigenvalue weighted by molar-refractivity contribution is 5.76. The highest BCUT2D eigenvalue weighted by atomic mass is 16.1. The highest BCUT2D eigenvalue weighted by Crippen LogP contribution is 2.17. The number of unbranched alkanes of at least 4 members (excludes halogenated alkanes) is 2. The Morgan fingerprint density at radius 1 is 1.33 bits per heavy atom. The molecule has 4 heteroatoms. The number of fused-ring (bicyclic) bond motifs is 1. The van der Waals surface area contributed by atoms with Crippen LogP contribution in [0, 0.1) is 12.3 Å². The van der Waals surface area contributed by atoms with Crippen LogP contribution in [-0.2, 0) is 17.8 Å². The number of para-hydroxylation sites is 2. The van der Waals surface area contributed by atoms with Crippen molar-refractivity contribution < 1.29 is 4.79 Å². The number of aromatic nitrogens is 2. The van der Waals surface area contributed by atoms with E-state index in [2.05, 4.69) is 26.9 Å². The summed E-state index contributed by atoms with van der Waals surface area (Å²) in [6.07, 6.45) is 9.49. The lowest BCUT2D eigenvalue weighted by molar-refractivity contribution is -0.118. The molecule has 0 spiro atoms. The number of benzene rings is 1. The minimum Gasteiger partial charge on any atom is -0.356 e. The maximum absolute atomic E-state index is 10.8. The number of imidazole rings is 1. The van der Waals surface area contributed by atoms with Gasteiger partial charge in [-0.3, -0.25) is 4.79 Å². The van der Waals surface area contributed by atoms with Gasteiger partial charge in [0.15, 0.2) is 0 Å². The first-order valence-corrected chi connectivity index (χ1v) is 7.34. The molecule has 0 aliphatic rings. The third-order valence-electron chi connectivity index (χ3n) is 3.43. The van der Waals surface area contributed by atoms with E-state index in [-0.39, 0.29) is 5.91 Å². The van der Waals surface area contributed by atoms with Gasteiger partial charge in [0.05, 0.1) is 17.6 Å². The first-order valence-electron chi connectivity index (χ1n) is 7.34. The Kier molecular flexibility index (Phi) is 5.39. The summed E-state index contributed by atoms with van der Waals surface area (Å²) in [5.41, 5.74) is 2.10. The average molecular weight is 283 g/mol. The van der Waals surface area contributed by atoms with Crippen LogP contribution >= 0.6 is 0 Å². The Labute approximate surface area is 125 Å². The fourth-order valence-electron chi connectivity index (χ4n) is 2.43. The number of nitrogens with one attached hydrogen (secondary N) is 1. The average Bonchev–Trinajstić information content (AvgIpc) is 2.81. The van der Waals surface area contributed by atoms with E-state index in [1.807, 2.05) is 18.2 Å². The zero-order valence-corrected chi connectivity index (χ0v) is 12.4. The monoisotopic (exact) mass is 283 g/mol. The third-order valence-corrected chi connectivity index (χ3v) is 3.43. The van der Waals surface area contributed by atoms with Crippen molar-refractivity contribution in [3.63, 3.8) is 0 Å². The van der Waals surface area contributed by atoms with Crippen molar-refractivity contribution in [2.45, 2.75) is 39.2 Å². The van der Waals surface area contributed by atoms with Gasteiger partial charge in [-0.1, -0.05) is 24.5 Å². The number of hydrogen-bond acceptors (Lipinski definition) is 2. The third kappa shape index (κ3) is 4.09. The van der Waals surface area contributed by atoms with Crippen LogP contribution in [0.3, 0.4) is 0 Å². The van der Waals surface area contributed by atoms with Crippen LogP contribution in [0.15, 0.2) is 24.3 Å². The fourth-order valence-corrected chi connectivity index (χ4v) is 2.43. The van der Waals surface area contributed by atoms with Crippen LogP contribution in [0.2, 0.25) is 0 Å². The smallest absolute Gasteiger partial charge is 0.216 e. The van der Waals surface area contributed by atoms with E-state index in [1.54, 1.807) is 6.92 Å². The summed E-state index contributed by atoms with van der Waals surface area (Å²) in [7, 11) is 0. The van der Waals surface area contributed by atoms with Gasteiger partial charge in [-0.25, -0.2) is 4.98 Å². The second-order valence-corrected chi connectivity index (χ2v) is 5.10. The van der Waals surface area contributed by atoms with Gasteiger partial charge in [-0.15, -0.1) is 6.42 Å². The predicted molar refractivity (Wildman–Crippen MR) is 84.8 cm³/mol. The fraction of sp³-hybridized carbons (Fsp3) is 0.412. The molecule has 0 unspecified atom stereocenters. The molecule has 4 nitrogen and oxygen atoms in total. The van der Waals surface area contributed by atoms with Gasteiger partial charge in [-0.2, -0.15) is 0 Å². The Hall–Kier alpha value is -2.28. The molecule has 21 heavy (non-hydrogen) atoms. The first kappa shape index (κ1) is 15.1. The molecule has 1 aromatic carbocycles. The van der Waals surface area contributed by atoms with Gasteiger partial charge in [0.2, 0.25) is 5.91 Å². The Morgan fingerprint density at radius 3 is 2.90 bits per heavy atom. The lowest BCUT2D eigenvalue weighted by atomic mass is 10.2. The summed E-state index contributed by atoms with van der Waals surface area (Å²) in [5, 5.41) is 2.81. The molecule has 1 heterocycles. The van der Waals surface area contributed by atoms with Crippen molar-refractivity contribution in [3.05, 3.63) is 30.1 Å². The van der Waals surface area contributed by atoms with Crippen molar-refractivity contribution in [1.29, 1.82) is 0 Å². The van der Waals surface area contributed by atoms with Gasteiger partial charge in [-0.05, 0) is 25.0 Å². The van der Waals surface area contributed by atoms with Crippen molar-refractivity contribution in [2.75, 3.05) is 6.54 Å². The highest BCUT2D eigenvalue weighted by Gasteiger charge is 2.08. The summed E-state index contributed by atoms with van der Waals surface area (Å²) in [6.45, 7) is 2.85. The van der Waals surface area contributed by atoms with E-state index in [9.17, 15) is 4.79 Å². The molecule has 0 bridgehead atoms. The van der Waals surface area contributed by atoms with E-state index >= 15 is 0 Å². The number of nitrogens with zero attached hydrogens (tertiary/aromatic N) is 2. The lowest BCUT2D eigenvalue weighted by Crippen LogP contribution is -2.20. The van der Waals surface area contributed by atoms with Gasteiger partial charge >= 0.3 is 0 Å². The van der Waals surface area contributed by atoms with Crippen molar-refractivity contribution in [2.24, 2.45) is 0 Å². The van der Waals surface area contributed by atoms with Gasteiger partial charge in [0, 0.05) is 19.9 Å². The Morgan fingerprint density at radius 2 is 2.14 bits per heavy atom. The molecule has 0 aliphatic carbocycles. The quantitative estimate of drug-likeness (QED) is 0.627. The SMILES string of the molecule is C#CCn1c(CCCCCNC(C)=O)nc2ccccc21. The number of hydrogen-bond donors (Lipinski definition) is 1. The normalized spacial score (nSPS) is 10.5. The zero-order valence-electron chi connectivity index (χ0n) is 12.4. The molecule has 0 radical (unpaired) electrons. The summed E-state index contributed by atoms with van der Waals surface area (Å²) in [5.74, 6) is 3.78. The van der Waals surface area contributed by atoms with Crippen molar-refractivity contribution in [3.8, 4) is 12.3 Å². The minimum absolute atomic E-state index is 0.0332. The molecule has 1 amide bonds. The summed E-state index contributed by atoms with van der Waals surface area (Å²) in [6, 6.07) is 8.07. The second kappa shape index (κ2) is 7.49. The molecule has 0 atom stereocenters. The van der Waals surface area contributed by atoms with Crippen LogP contribution in [0.5, 0.6) is 0 Å². The topological polar surface area (TPSA) is 46.9 Å². The molecule has 1 N–H and O–H groups in total. The number of aryl methyl sites for hydroxylation is 1. The van der Waals surface area contributed by atoms with E-state index in [0.29, 0.717) is 6.54 Å². The molecular formula is C17H21N3O. The summed E-state index contributed by atoms with van der Waals surface area (Å²) in [4.78, 5) is 15.4. The molecule has 0 saturated heterocycles. The molecular weight excluding hydrogens is 262 g/mol. The molecule has 110 valence electrons. The maximum Gasteiger partial charge on any atom is 0.216 e. The van der Waals surface area contributed by atoms with E-state index in [0.717, 1.165) is 49.1 Å². The second-order valence-electron chi connectivity index (χ2n) is 5.10. The molecule has 2 rings (SSSR count). The predicted octanol–water partition coefficient (Wildman–Crippen LogP) is 2.52. The first-order chi connectivity index (χ1) is 10.2. The molecule has 2 aromatic rings. The largest absolute Gasteiger partial charge is 0.356 e. The van der Waals surface area contributed by atoms with E-state index < -0.39 is 0 Å². The number of terminal acetylenes is 1. The lowest BCUT2D eigenvalue weighted by Gasteiger charge is -2.06. The molecule has 0 saturated carbocycles. The zero-order chi connectivity index (χ0) is 15.1. The van der Waals surface area contributed by atoms with Crippen LogP contribution in [0.1, 0.15) is 32.0 Å². The molecule has 0 aliphatic heterocycles. The summed E-state index contributed by atoms with van der Waals surface area (Å²) < 4.78 is 2.11. The van der Waals surface area contributed by atoms with Crippen LogP contribution in [0.4, 0.5) is 0 Å². The van der Waals surface area contributed by atoms with E-state index in [1.165, 1.54) is 0 Å². The van der Waals surface area contributed by atoms with E-state index in [4.69, 9.17) is 6.42 Å². The minimum atomic E-state index is 0.0332. The standard InChI is InChI=1S/C17H21N3O/c1-3-13-20-16-10-7-6-9-15(16)19-17(20)11-5-4-8-12-18-14(2)21/h1,6-7,9-10H,4-5,8,11-13H2,2H3,(H,18,21).